The van der Waals surface area contributed by atoms with E-state index in [4.69, 9.17) is 27.3 Å². The second-order valence-corrected chi connectivity index (χ2v) is 3.44. The number of rotatable bonds is 2. The lowest BCUT2D eigenvalue weighted by Crippen LogP contribution is -2.00. The first-order valence-electron chi connectivity index (χ1n) is 4.66. The third kappa shape index (κ3) is 2.44. The van der Waals surface area contributed by atoms with Crippen LogP contribution < -0.4 is 10.5 Å². The van der Waals surface area contributed by atoms with Gasteiger partial charge >= 0.3 is 0 Å². The molecule has 1 aromatic carbocycles. The number of nitrogens with two attached hydrogens (primary N) is 1. The summed E-state index contributed by atoms with van der Waals surface area (Å²) in [6, 6.07) is 10.8. The molecule has 2 aromatic rings. The van der Waals surface area contributed by atoms with Crippen molar-refractivity contribution >= 4 is 17.5 Å². The maximum Gasteiger partial charge on any atom is 0.243 e. The zero-order valence-electron chi connectivity index (χ0n) is 8.59. The molecule has 1 aromatic heterocycles. The van der Waals surface area contributed by atoms with Gasteiger partial charge in [-0.1, -0.05) is 29.8 Å². The molecule has 0 atom stereocenters. The van der Waals surface area contributed by atoms with E-state index in [1.807, 2.05) is 12.1 Å². The van der Waals surface area contributed by atoms with Gasteiger partial charge in [-0.2, -0.15) is 15.2 Å². The summed E-state index contributed by atoms with van der Waals surface area (Å²) in [5.41, 5.74) is 5.50. The van der Waals surface area contributed by atoms with Gasteiger partial charge < -0.3 is 10.5 Å². The lowest BCUT2D eigenvalue weighted by atomic mass is 10.3. The van der Waals surface area contributed by atoms with Gasteiger partial charge in [0.25, 0.3) is 0 Å². The Morgan fingerprint density at radius 3 is 2.59 bits per heavy atom. The Labute approximate surface area is 102 Å². The standard InChI is InChI=1S/C11H7ClN4O/c12-9-8(6-13)10(16-11(14)15-9)17-7-4-2-1-3-5-7/h1-5H,(H2,14,15,16). The highest BCUT2D eigenvalue weighted by Gasteiger charge is 2.13. The van der Waals surface area contributed by atoms with Crippen molar-refractivity contribution in [3.63, 3.8) is 0 Å². The highest BCUT2D eigenvalue weighted by atomic mass is 35.5. The number of aromatic nitrogens is 2. The first-order chi connectivity index (χ1) is 8.20. The van der Waals surface area contributed by atoms with Gasteiger partial charge in [-0.3, -0.25) is 0 Å². The summed E-state index contributed by atoms with van der Waals surface area (Å²) in [6.07, 6.45) is 0. The van der Waals surface area contributed by atoms with Crippen LogP contribution in [0, 0.1) is 11.3 Å². The van der Waals surface area contributed by atoms with Crippen LogP contribution in [0.4, 0.5) is 5.95 Å². The number of nitrogen functional groups attached to an aromatic ring is 1. The minimum absolute atomic E-state index is 0.0223. The Morgan fingerprint density at radius 1 is 1.24 bits per heavy atom. The van der Waals surface area contributed by atoms with Gasteiger partial charge in [0.1, 0.15) is 11.8 Å². The summed E-state index contributed by atoms with van der Waals surface area (Å²) < 4.78 is 5.42. The van der Waals surface area contributed by atoms with E-state index >= 15 is 0 Å². The average molecular weight is 247 g/mol. The Kier molecular flexibility index (Phi) is 3.08. The van der Waals surface area contributed by atoms with Crippen LogP contribution in [0.5, 0.6) is 11.6 Å². The van der Waals surface area contributed by atoms with Gasteiger partial charge in [-0.25, -0.2) is 0 Å². The molecule has 2 N–H and O–H groups in total. The van der Waals surface area contributed by atoms with Gasteiger partial charge in [0.2, 0.25) is 11.8 Å². The van der Waals surface area contributed by atoms with E-state index in [1.54, 1.807) is 24.3 Å². The fraction of sp³-hybridized carbons (Fsp3) is 0. The molecule has 0 spiro atoms. The molecule has 0 saturated carbocycles. The van der Waals surface area contributed by atoms with E-state index in [1.165, 1.54) is 0 Å². The number of hydrogen-bond donors (Lipinski definition) is 1. The van der Waals surface area contributed by atoms with E-state index in [0.717, 1.165) is 0 Å². The van der Waals surface area contributed by atoms with Gasteiger partial charge in [-0.05, 0) is 12.1 Å². The zero-order valence-corrected chi connectivity index (χ0v) is 9.35. The molecule has 0 fully saturated rings. The molecule has 84 valence electrons. The fourth-order valence-corrected chi connectivity index (χ4v) is 1.41. The number of halogens is 1. The number of benzene rings is 1. The Morgan fingerprint density at radius 2 is 1.94 bits per heavy atom. The molecule has 2 rings (SSSR count). The zero-order chi connectivity index (χ0) is 12.3. The third-order valence-electron chi connectivity index (χ3n) is 1.92. The van der Waals surface area contributed by atoms with E-state index in [-0.39, 0.29) is 22.5 Å². The first kappa shape index (κ1) is 11.2. The fourth-order valence-electron chi connectivity index (χ4n) is 1.20. The van der Waals surface area contributed by atoms with Gasteiger partial charge in [0.05, 0.1) is 0 Å². The largest absolute Gasteiger partial charge is 0.437 e. The van der Waals surface area contributed by atoms with Crippen molar-refractivity contribution < 1.29 is 4.74 Å². The van der Waals surface area contributed by atoms with E-state index in [2.05, 4.69) is 9.97 Å². The molecular weight excluding hydrogens is 240 g/mol. The predicted octanol–water partition coefficient (Wildman–Crippen LogP) is 2.38. The molecule has 17 heavy (non-hydrogen) atoms. The summed E-state index contributed by atoms with van der Waals surface area (Å²) in [5.74, 6) is 0.550. The molecule has 0 aliphatic heterocycles. The highest BCUT2D eigenvalue weighted by Crippen LogP contribution is 2.27. The molecule has 0 radical (unpaired) electrons. The average Bonchev–Trinajstić information content (AvgIpc) is 2.30. The van der Waals surface area contributed by atoms with Crippen molar-refractivity contribution in [2.24, 2.45) is 0 Å². The molecule has 1 heterocycles. The first-order valence-corrected chi connectivity index (χ1v) is 5.04. The summed E-state index contributed by atoms with van der Waals surface area (Å²) in [5, 5.41) is 8.91. The van der Waals surface area contributed by atoms with E-state index in [9.17, 15) is 0 Å². The lowest BCUT2D eigenvalue weighted by molar-refractivity contribution is 0.461. The second-order valence-electron chi connectivity index (χ2n) is 3.08. The molecule has 0 amide bonds. The van der Waals surface area contributed by atoms with E-state index in [0.29, 0.717) is 5.75 Å². The van der Waals surface area contributed by atoms with Crippen LogP contribution in [-0.4, -0.2) is 9.97 Å². The topological polar surface area (TPSA) is 84.8 Å². The molecular formula is C11H7ClN4O. The number of para-hydroxylation sites is 1. The summed E-state index contributed by atoms with van der Waals surface area (Å²) in [7, 11) is 0. The predicted molar refractivity (Wildman–Crippen MR) is 62.7 cm³/mol. The van der Waals surface area contributed by atoms with E-state index < -0.39 is 0 Å². The normalized spacial score (nSPS) is 9.65. The van der Waals surface area contributed by atoms with Gasteiger partial charge in [0.15, 0.2) is 10.7 Å². The molecule has 0 saturated heterocycles. The minimum Gasteiger partial charge on any atom is -0.437 e. The van der Waals surface area contributed by atoms with Gasteiger partial charge in [0, 0.05) is 0 Å². The van der Waals surface area contributed by atoms with Crippen molar-refractivity contribution in [3.05, 3.63) is 41.0 Å². The summed E-state index contributed by atoms with van der Waals surface area (Å²) in [6.45, 7) is 0. The van der Waals surface area contributed by atoms with Crippen LogP contribution in [0.15, 0.2) is 30.3 Å². The van der Waals surface area contributed by atoms with Crippen LogP contribution in [0.3, 0.4) is 0 Å². The number of ether oxygens (including phenoxy) is 1. The quantitative estimate of drug-likeness (QED) is 0.823. The number of hydrogen-bond acceptors (Lipinski definition) is 5. The molecule has 0 unspecified atom stereocenters. The smallest absolute Gasteiger partial charge is 0.243 e. The molecule has 0 aliphatic rings. The summed E-state index contributed by atoms with van der Waals surface area (Å²) in [4.78, 5) is 7.51. The molecule has 0 aliphatic carbocycles. The third-order valence-corrected chi connectivity index (χ3v) is 2.19. The summed E-state index contributed by atoms with van der Waals surface area (Å²) >= 11 is 5.77. The SMILES string of the molecule is N#Cc1c(Cl)nc(N)nc1Oc1ccccc1. The van der Waals surface area contributed by atoms with Crippen LogP contribution in [-0.2, 0) is 0 Å². The second kappa shape index (κ2) is 4.68. The van der Waals surface area contributed by atoms with Crippen LogP contribution in [0.2, 0.25) is 5.15 Å². The maximum absolute atomic E-state index is 8.93. The van der Waals surface area contributed by atoms with Crippen molar-refractivity contribution in [2.45, 2.75) is 0 Å². The van der Waals surface area contributed by atoms with Crippen molar-refractivity contribution in [1.82, 2.24) is 9.97 Å². The Hall–Kier alpha value is -2.32. The molecule has 5 nitrogen and oxygen atoms in total. The maximum atomic E-state index is 8.93. The van der Waals surface area contributed by atoms with Crippen molar-refractivity contribution in [2.75, 3.05) is 5.73 Å². The highest BCUT2D eigenvalue weighted by molar-refractivity contribution is 6.30. The number of nitriles is 1. The monoisotopic (exact) mass is 246 g/mol. The molecule has 0 bridgehead atoms. The van der Waals surface area contributed by atoms with Crippen LogP contribution in [0.1, 0.15) is 5.56 Å². The molecule has 6 heteroatoms. The Balaban J connectivity index is 2.43. The Bertz CT molecular complexity index is 580. The van der Waals surface area contributed by atoms with Crippen LogP contribution in [0.25, 0.3) is 0 Å². The lowest BCUT2D eigenvalue weighted by Gasteiger charge is -2.07. The van der Waals surface area contributed by atoms with Crippen molar-refractivity contribution in [3.8, 4) is 17.7 Å². The van der Waals surface area contributed by atoms with Gasteiger partial charge in [-0.15, -0.1) is 0 Å². The number of nitrogens with zero attached hydrogens (tertiary/aromatic N) is 3. The minimum atomic E-state index is -0.0417. The number of anilines is 1. The van der Waals surface area contributed by atoms with Crippen molar-refractivity contribution in [1.29, 1.82) is 5.26 Å². The van der Waals surface area contributed by atoms with Crippen LogP contribution >= 0.6 is 11.6 Å².